The van der Waals surface area contributed by atoms with E-state index in [2.05, 4.69) is 39.2 Å². The number of aromatic nitrogens is 2. The van der Waals surface area contributed by atoms with Crippen molar-refractivity contribution >= 4 is 34.8 Å². The van der Waals surface area contributed by atoms with Crippen LogP contribution in [0.25, 0.3) is 0 Å². The van der Waals surface area contributed by atoms with Crippen molar-refractivity contribution < 1.29 is 4.79 Å². The minimum absolute atomic E-state index is 0.235. The summed E-state index contributed by atoms with van der Waals surface area (Å²) in [4.78, 5) is 23.5. The zero-order chi connectivity index (χ0) is 18.1. The molecule has 1 atom stereocenters. The van der Waals surface area contributed by atoms with E-state index >= 15 is 0 Å². The number of benzene rings is 2. The number of halogens is 1. The van der Waals surface area contributed by atoms with Crippen molar-refractivity contribution in [2.24, 2.45) is 0 Å². The first-order chi connectivity index (χ1) is 12.6. The first kappa shape index (κ1) is 16.5. The third-order valence-corrected chi connectivity index (χ3v) is 4.62. The Labute approximate surface area is 156 Å². The number of para-hydroxylation sites is 1. The van der Waals surface area contributed by atoms with Gasteiger partial charge in [-0.3, -0.25) is 4.79 Å². The maximum Gasteiger partial charge on any atom is 0.274 e. The van der Waals surface area contributed by atoms with Gasteiger partial charge in [0, 0.05) is 28.6 Å². The van der Waals surface area contributed by atoms with Crippen LogP contribution in [0.2, 0.25) is 5.02 Å². The fourth-order valence-electron chi connectivity index (χ4n) is 3.22. The first-order valence-corrected chi connectivity index (χ1v) is 8.77. The lowest BCUT2D eigenvalue weighted by Gasteiger charge is -2.22. The summed E-state index contributed by atoms with van der Waals surface area (Å²) in [5, 5.41) is 3.38. The zero-order valence-corrected chi connectivity index (χ0v) is 14.9. The molecule has 5 nitrogen and oxygen atoms in total. The van der Waals surface area contributed by atoms with E-state index in [4.69, 9.17) is 11.6 Å². The summed E-state index contributed by atoms with van der Waals surface area (Å²) < 4.78 is 0. The summed E-state index contributed by atoms with van der Waals surface area (Å²) in [6, 6.07) is 17.1. The van der Waals surface area contributed by atoms with Crippen molar-refractivity contribution in [3.63, 3.8) is 0 Å². The molecule has 6 heteroatoms. The maximum atomic E-state index is 12.6. The van der Waals surface area contributed by atoms with Crippen LogP contribution in [0, 0.1) is 0 Å². The number of carbonyl (C=O) groups is 1. The lowest BCUT2D eigenvalue weighted by Crippen LogP contribution is -2.26. The molecule has 0 aliphatic carbocycles. The Morgan fingerprint density at radius 1 is 1.19 bits per heavy atom. The molecule has 1 N–H and O–H groups in total. The van der Waals surface area contributed by atoms with E-state index in [0.29, 0.717) is 22.4 Å². The van der Waals surface area contributed by atoms with Crippen LogP contribution < -0.4 is 10.2 Å². The Bertz CT molecular complexity index is 975. The van der Waals surface area contributed by atoms with Gasteiger partial charge in [0.2, 0.25) is 5.95 Å². The van der Waals surface area contributed by atoms with Crippen LogP contribution in [0.5, 0.6) is 0 Å². The normalized spacial score (nSPS) is 15.6. The SMILES string of the molecule is CC1Cc2ccccc2N1c1nccc(C(=O)Nc2cccc(Cl)c2)n1. The van der Waals surface area contributed by atoms with Crippen molar-refractivity contribution in [3.8, 4) is 0 Å². The molecule has 1 aromatic heterocycles. The molecule has 1 aliphatic heterocycles. The highest BCUT2D eigenvalue weighted by Gasteiger charge is 2.29. The van der Waals surface area contributed by atoms with Gasteiger partial charge in [-0.1, -0.05) is 35.9 Å². The topological polar surface area (TPSA) is 58.1 Å². The maximum absolute atomic E-state index is 12.6. The van der Waals surface area contributed by atoms with Crippen LogP contribution in [0.3, 0.4) is 0 Å². The van der Waals surface area contributed by atoms with Gasteiger partial charge in [0.15, 0.2) is 0 Å². The Hall–Kier alpha value is -2.92. The Balaban J connectivity index is 1.62. The van der Waals surface area contributed by atoms with Gasteiger partial charge in [0.25, 0.3) is 5.91 Å². The highest BCUT2D eigenvalue weighted by atomic mass is 35.5. The van der Waals surface area contributed by atoms with Gasteiger partial charge in [-0.2, -0.15) is 0 Å². The number of rotatable bonds is 3. The Morgan fingerprint density at radius 3 is 2.88 bits per heavy atom. The molecule has 0 saturated carbocycles. The molecular formula is C20H17ClN4O. The Kier molecular flexibility index (Phi) is 4.31. The molecule has 4 rings (SSSR count). The van der Waals surface area contributed by atoms with E-state index in [-0.39, 0.29) is 11.9 Å². The third-order valence-electron chi connectivity index (χ3n) is 4.38. The monoisotopic (exact) mass is 364 g/mol. The quantitative estimate of drug-likeness (QED) is 0.745. The molecule has 26 heavy (non-hydrogen) atoms. The second kappa shape index (κ2) is 6.77. The van der Waals surface area contributed by atoms with Crippen molar-refractivity contribution in [2.45, 2.75) is 19.4 Å². The molecule has 3 aromatic rings. The molecule has 2 heterocycles. The minimum Gasteiger partial charge on any atom is -0.321 e. The molecule has 0 fully saturated rings. The molecule has 1 amide bonds. The van der Waals surface area contributed by atoms with E-state index in [0.717, 1.165) is 12.1 Å². The number of nitrogens with one attached hydrogen (secondary N) is 1. The van der Waals surface area contributed by atoms with E-state index in [1.165, 1.54) is 5.56 Å². The van der Waals surface area contributed by atoms with Crippen LogP contribution in [0.1, 0.15) is 23.0 Å². The number of carbonyl (C=O) groups excluding carboxylic acids is 1. The smallest absolute Gasteiger partial charge is 0.274 e. The molecule has 130 valence electrons. The molecule has 0 bridgehead atoms. The van der Waals surface area contributed by atoms with Gasteiger partial charge in [-0.05, 0) is 49.2 Å². The van der Waals surface area contributed by atoms with Gasteiger partial charge in [0.1, 0.15) is 5.69 Å². The van der Waals surface area contributed by atoms with Gasteiger partial charge in [-0.25, -0.2) is 9.97 Å². The average Bonchev–Trinajstić information content (AvgIpc) is 2.97. The summed E-state index contributed by atoms with van der Waals surface area (Å²) in [5.41, 5.74) is 3.29. The molecule has 1 aliphatic rings. The van der Waals surface area contributed by atoms with Gasteiger partial charge < -0.3 is 10.2 Å². The summed E-state index contributed by atoms with van der Waals surface area (Å²) in [5.74, 6) is 0.234. The number of hydrogen-bond donors (Lipinski definition) is 1. The first-order valence-electron chi connectivity index (χ1n) is 8.39. The number of anilines is 3. The van der Waals surface area contributed by atoms with Crippen LogP contribution >= 0.6 is 11.6 Å². The van der Waals surface area contributed by atoms with Crippen molar-refractivity contribution in [3.05, 3.63) is 77.1 Å². The fourth-order valence-corrected chi connectivity index (χ4v) is 3.41. The second-order valence-corrected chi connectivity index (χ2v) is 6.69. The molecule has 2 aromatic carbocycles. The lowest BCUT2D eigenvalue weighted by molar-refractivity contribution is 0.102. The van der Waals surface area contributed by atoms with Gasteiger partial charge in [-0.15, -0.1) is 0 Å². The van der Waals surface area contributed by atoms with Crippen LogP contribution in [-0.4, -0.2) is 21.9 Å². The highest BCUT2D eigenvalue weighted by molar-refractivity contribution is 6.30. The molecule has 1 unspecified atom stereocenters. The average molecular weight is 365 g/mol. The predicted molar refractivity (Wildman–Crippen MR) is 103 cm³/mol. The molecule has 0 saturated heterocycles. The van der Waals surface area contributed by atoms with Crippen molar-refractivity contribution in [1.82, 2.24) is 9.97 Å². The van der Waals surface area contributed by atoms with Gasteiger partial charge in [0.05, 0.1) is 0 Å². The number of hydrogen-bond acceptors (Lipinski definition) is 4. The van der Waals surface area contributed by atoms with Crippen LogP contribution in [0.4, 0.5) is 17.3 Å². The van der Waals surface area contributed by atoms with E-state index < -0.39 is 0 Å². The van der Waals surface area contributed by atoms with Gasteiger partial charge >= 0.3 is 0 Å². The standard InChI is InChI=1S/C20H17ClN4O/c1-13-11-14-5-2-3-8-18(14)25(13)20-22-10-9-17(24-20)19(26)23-16-7-4-6-15(21)12-16/h2-10,12-13H,11H2,1H3,(H,23,26). The van der Waals surface area contributed by atoms with E-state index in [1.54, 1.807) is 36.5 Å². The second-order valence-electron chi connectivity index (χ2n) is 6.26. The van der Waals surface area contributed by atoms with Crippen molar-refractivity contribution in [2.75, 3.05) is 10.2 Å². The number of amides is 1. The van der Waals surface area contributed by atoms with Crippen LogP contribution in [0.15, 0.2) is 60.8 Å². The van der Waals surface area contributed by atoms with Crippen LogP contribution in [-0.2, 0) is 6.42 Å². The molecular weight excluding hydrogens is 348 g/mol. The predicted octanol–water partition coefficient (Wildman–Crippen LogP) is 4.47. The molecule has 0 spiro atoms. The largest absolute Gasteiger partial charge is 0.321 e. The zero-order valence-electron chi connectivity index (χ0n) is 14.2. The summed E-state index contributed by atoms with van der Waals surface area (Å²) >= 11 is 5.97. The van der Waals surface area contributed by atoms with E-state index in [1.807, 2.05) is 12.1 Å². The fraction of sp³-hybridized carbons (Fsp3) is 0.150. The highest BCUT2D eigenvalue weighted by Crippen LogP contribution is 2.36. The lowest BCUT2D eigenvalue weighted by atomic mass is 10.1. The van der Waals surface area contributed by atoms with E-state index in [9.17, 15) is 4.79 Å². The third kappa shape index (κ3) is 3.13. The Morgan fingerprint density at radius 2 is 2.04 bits per heavy atom. The summed E-state index contributed by atoms with van der Waals surface area (Å²) in [7, 11) is 0. The molecule has 0 radical (unpaired) electrons. The summed E-state index contributed by atoms with van der Waals surface area (Å²) in [6.07, 6.45) is 2.54. The number of nitrogens with zero attached hydrogens (tertiary/aromatic N) is 3. The number of fused-ring (bicyclic) bond motifs is 1. The summed E-state index contributed by atoms with van der Waals surface area (Å²) in [6.45, 7) is 2.13. The minimum atomic E-state index is -0.295. The van der Waals surface area contributed by atoms with Crippen molar-refractivity contribution in [1.29, 1.82) is 0 Å².